The SMILES string of the molecule is C=C(CC(C)CC)C(C)(C)CS. The summed E-state index contributed by atoms with van der Waals surface area (Å²) in [5.74, 6) is 1.65. The zero-order chi connectivity index (χ0) is 9.78. The normalized spacial score (nSPS) is 14.4. The van der Waals surface area contributed by atoms with Crippen LogP contribution in [0.3, 0.4) is 0 Å². The predicted molar refractivity (Wildman–Crippen MR) is 60.8 cm³/mol. The van der Waals surface area contributed by atoms with E-state index in [9.17, 15) is 0 Å². The molecule has 1 atom stereocenters. The maximum absolute atomic E-state index is 4.33. The van der Waals surface area contributed by atoms with E-state index in [1.807, 2.05) is 0 Å². The maximum Gasteiger partial charge on any atom is -0.000919 e. The summed E-state index contributed by atoms with van der Waals surface area (Å²) in [6.07, 6.45) is 2.38. The van der Waals surface area contributed by atoms with Crippen molar-refractivity contribution in [2.75, 3.05) is 5.75 Å². The van der Waals surface area contributed by atoms with Crippen LogP contribution in [0.2, 0.25) is 0 Å². The molecule has 0 aromatic rings. The minimum absolute atomic E-state index is 0.201. The van der Waals surface area contributed by atoms with Crippen LogP contribution in [0.5, 0.6) is 0 Å². The van der Waals surface area contributed by atoms with Crippen molar-refractivity contribution in [1.29, 1.82) is 0 Å². The highest BCUT2D eigenvalue weighted by molar-refractivity contribution is 7.80. The Labute approximate surface area is 82.9 Å². The second kappa shape index (κ2) is 4.96. The van der Waals surface area contributed by atoms with Gasteiger partial charge in [0.15, 0.2) is 0 Å². The molecule has 12 heavy (non-hydrogen) atoms. The third-order valence-electron chi connectivity index (χ3n) is 2.64. The van der Waals surface area contributed by atoms with Crippen LogP contribution in [0.25, 0.3) is 0 Å². The Kier molecular flexibility index (Phi) is 5.00. The molecule has 0 saturated carbocycles. The van der Waals surface area contributed by atoms with E-state index in [1.165, 1.54) is 12.0 Å². The molecule has 0 fully saturated rings. The molecular weight excluding hydrogens is 164 g/mol. The van der Waals surface area contributed by atoms with Crippen molar-refractivity contribution in [3.63, 3.8) is 0 Å². The largest absolute Gasteiger partial charge is 0.178 e. The fraction of sp³-hybridized carbons (Fsp3) is 0.818. The fourth-order valence-electron chi connectivity index (χ4n) is 0.953. The van der Waals surface area contributed by atoms with Gasteiger partial charge in [0.25, 0.3) is 0 Å². The van der Waals surface area contributed by atoms with Crippen LogP contribution in [-0.2, 0) is 0 Å². The molecule has 0 rings (SSSR count). The lowest BCUT2D eigenvalue weighted by Crippen LogP contribution is -2.17. The molecular formula is C11H22S. The van der Waals surface area contributed by atoms with E-state index in [4.69, 9.17) is 0 Å². The van der Waals surface area contributed by atoms with Crippen molar-refractivity contribution in [2.45, 2.75) is 40.5 Å². The molecule has 0 aromatic carbocycles. The molecule has 0 aromatic heterocycles. The van der Waals surface area contributed by atoms with Crippen LogP contribution >= 0.6 is 12.6 Å². The lowest BCUT2D eigenvalue weighted by Gasteiger charge is -2.27. The molecule has 0 aliphatic rings. The molecule has 0 aliphatic carbocycles. The summed E-state index contributed by atoms with van der Waals surface area (Å²) in [7, 11) is 0. The Morgan fingerprint density at radius 1 is 1.50 bits per heavy atom. The Balaban J connectivity index is 4.03. The van der Waals surface area contributed by atoms with Gasteiger partial charge in [0.2, 0.25) is 0 Å². The molecule has 0 nitrogen and oxygen atoms in total. The first-order valence-electron chi connectivity index (χ1n) is 4.73. The third-order valence-corrected chi connectivity index (χ3v) is 3.43. The predicted octanol–water partition coefficient (Wildman–Crippen LogP) is 3.93. The highest BCUT2D eigenvalue weighted by atomic mass is 32.1. The molecule has 0 radical (unpaired) electrons. The van der Waals surface area contributed by atoms with Crippen molar-refractivity contribution in [3.05, 3.63) is 12.2 Å². The molecule has 0 amide bonds. The summed E-state index contributed by atoms with van der Waals surface area (Å²) in [4.78, 5) is 0. The molecule has 0 bridgehead atoms. The first-order chi connectivity index (χ1) is 5.44. The van der Waals surface area contributed by atoms with Gasteiger partial charge in [-0.25, -0.2) is 0 Å². The zero-order valence-corrected chi connectivity index (χ0v) is 9.75. The van der Waals surface area contributed by atoms with Crippen molar-refractivity contribution in [1.82, 2.24) is 0 Å². The van der Waals surface area contributed by atoms with E-state index in [2.05, 4.69) is 46.9 Å². The third kappa shape index (κ3) is 3.66. The highest BCUT2D eigenvalue weighted by Gasteiger charge is 2.20. The van der Waals surface area contributed by atoms with Gasteiger partial charge in [0.1, 0.15) is 0 Å². The van der Waals surface area contributed by atoms with Gasteiger partial charge in [-0.2, -0.15) is 12.6 Å². The van der Waals surface area contributed by atoms with Crippen LogP contribution in [0.1, 0.15) is 40.5 Å². The van der Waals surface area contributed by atoms with Gasteiger partial charge in [0, 0.05) is 0 Å². The molecule has 72 valence electrons. The lowest BCUT2D eigenvalue weighted by atomic mass is 9.82. The summed E-state index contributed by atoms with van der Waals surface area (Å²) >= 11 is 4.33. The average molecular weight is 186 g/mol. The number of rotatable bonds is 5. The van der Waals surface area contributed by atoms with E-state index in [0.717, 1.165) is 18.1 Å². The number of thiol groups is 1. The first kappa shape index (κ1) is 12.1. The van der Waals surface area contributed by atoms with Gasteiger partial charge in [0.05, 0.1) is 0 Å². The lowest BCUT2D eigenvalue weighted by molar-refractivity contribution is 0.446. The fourth-order valence-corrected chi connectivity index (χ4v) is 1.18. The smallest absolute Gasteiger partial charge is 0.000919 e. The van der Waals surface area contributed by atoms with Gasteiger partial charge >= 0.3 is 0 Å². The van der Waals surface area contributed by atoms with Crippen LogP contribution in [0.15, 0.2) is 12.2 Å². The van der Waals surface area contributed by atoms with Crippen LogP contribution in [-0.4, -0.2) is 5.75 Å². The van der Waals surface area contributed by atoms with E-state index < -0.39 is 0 Å². The van der Waals surface area contributed by atoms with Gasteiger partial charge in [-0.15, -0.1) is 0 Å². The van der Waals surface area contributed by atoms with Gasteiger partial charge in [-0.05, 0) is 23.5 Å². The Morgan fingerprint density at radius 3 is 2.33 bits per heavy atom. The van der Waals surface area contributed by atoms with E-state index in [0.29, 0.717) is 0 Å². The highest BCUT2D eigenvalue weighted by Crippen LogP contribution is 2.31. The van der Waals surface area contributed by atoms with Crippen molar-refractivity contribution < 1.29 is 0 Å². The Bertz CT molecular complexity index is 147. The first-order valence-corrected chi connectivity index (χ1v) is 5.36. The molecule has 0 saturated heterocycles. The second-order valence-electron chi connectivity index (χ2n) is 4.36. The molecule has 1 unspecified atom stereocenters. The zero-order valence-electron chi connectivity index (χ0n) is 8.85. The van der Waals surface area contributed by atoms with Crippen molar-refractivity contribution >= 4 is 12.6 Å². The van der Waals surface area contributed by atoms with Crippen LogP contribution < -0.4 is 0 Å². The van der Waals surface area contributed by atoms with Crippen LogP contribution in [0, 0.1) is 11.3 Å². The summed E-state index contributed by atoms with van der Waals surface area (Å²) in [5, 5.41) is 0. The van der Waals surface area contributed by atoms with Crippen molar-refractivity contribution in [2.24, 2.45) is 11.3 Å². The molecule has 1 heteroatoms. The Hall–Kier alpha value is 0.0900. The monoisotopic (exact) mass is 186 g/mol. The average Bonchev–Trinajstić information content (AvgIpc) is 2.04. The van der Waals surface area contributed by atoms with Crippen molar-refractivity contribution in [3.8, 4) is 0 Å². The minimum Gasteiger partial charge on any atom is -0.178 e. The molecule has 0 aliphatic heterocycles. The number of hydrogen-bond donors (Lipinski definition) is 1. The maximum atomic E-state index is 4.33. The molecule has 0 heterocycles. The minimum atomic E-state index is 0.201. The summed E-state index contributed by atoms with van der Waals surface area (Å²) in [6, 6.07) is 0. The van der Waals surface area contributed by atoms with E-state index in [-0.39, 0.29) is 5.41 Å². The number of allylic oxidation sites excluding steroid dienone is 1. The number of hydrogen-bond acceptors (Lipinski definition) is 1. The van der Waals surface area contributed by atoms with Gasteiger partial charge < -0.3 is 0 Å². The summed E-state index contributed by atoms with van der Waals surface area (Å²) < 4.78 is 0. The van der Waals surface area contributed by atoms with Gasteiger partial charge in [-0.3, -0.25) is 0 Å². The summed E-state index contributed by atoms with van der Waals surface area (Å²) in [5.41, 5.74) is 1.54. The molecule has 0 spiro atoms. The quantitative estimate of drug-likeness (QED) is 0.488. The Morgan fingerprint density at radius 2 is 2.00 bits per heavy atom. The second-order valence-corrected chi connectivity index (χ2v) is 4.68. The standard InChI is InChI=1S/C11H22S/c1-6-9(2)7-10(3)11(4,5)8-12/h9,12H,3,6-8H2,1-2,4-5H3. The van der Waals surface area contributed by atoms with E-state index in [1.54, 1.807) is 0 Å². The van der Waals surface area contributed by atoms with Gasteiger partial charge in [-0.1, -0.05) is 46.3 Å². The topological polar surface area (TPSA) is 0 Å². The molecule has 0 N–H and O–H groups in total. The summed E-state index contributed by atoms with van der Waals surface area (Å²) in [6.45, 7) is 13.1. The van der Waals surface area contributed by atoms with E-state index >= 15 is 0 Å². The van der Waals surface area contributed by atoms with Crippen LogP contribution in [0.4, 0.5) is 0 Å².